The first-order chi connectivity index (χ1) is 7.66. The Morgan fingerprint density at radius 1 is 1.50 bits per heavy atom. The highest BCUT2D eigenvalue weighted by Gasteiger charge is 2.26. The molecule has 0 unspecified atom stereocenters. The number of nitrogens with zero attached hydrogens (tertiary/aromatic N) is 2. The smallest absolute Gasteiger partial charge is 0.277 e. The molecule has 1 fully saturated rings. The van der Waals surface area contributed by atoms with E-state index in [0.29, 0.717) is 5.92 Å². The highest BCUT2D eigenvalue weighted by molar-refractivity contribution is 5.41. The number of aromatic nitrogens is 3. The largest absolute Gasteiger partial charge is 0.346 e. The predicted molar refractivity (Wildman–Crippen MR) is 61.9 cm³/mol. The molecule has 84 valence electrons. The summed E-state index contributed by atoms with van der Waals surface area (Å²) in [5.41, 5.74) is 2.65. The van der Waals surface area contributed by atoms with Gasteiger partial charge in [-0.25, -0.2) is 0 Å². The molecule has 0 amide bonds. The third kappa shape index (κ3) is 1.37. The van der Waals surface area contributed by atoms with Crippen LogP contribution >= 0.6 is 0 Å². The molecular formula is C12H15N3O. The Bertz CT molecular complexity index is 590. The first-order valence-electron chi connectivity index (χ1n) is 5.78. The van der Waals surface area contributed by atoms with Crippen LogP contribution in [0.1, 0.15) is 49.8 Å². The van der Waals surface area contributed by atoms with E-state index in [0.717, 1.165) is 16.9 Å². The minimum absolute atomic E-state index is 0.00986. The quantitative estimate of drug-likeness (QED) is 0.836. The van der Waals surface area contributed by atoms with E-state index in [-0.39, 0.29) is 11.5 Å². The number of hydrogen-bond donors (Lipinski definition) is 1. The van der Waals surface area contributed by atoms with Crippen LogP contribution in [0.4, 0.5) is 0 Å². The molecular weight excluding hydrogens is 202 g/mol. The minimum Gasteiger partial charge on any atom is -0.346 e. The van der Waals surface area contributed by atoms with Crippen LogP contribution in [0.3, 0.4) is 0 Å². The minimum atomic E-state index is 0.00986. The fourth-order valence-electron chi connectivity index (χ4n) is 1.98. The Balaban J connectivity index is 2.22. The van der Waals surface area contributed by atoms with Crippen LogP contribution in [0.2, 0.25) is 0 Å². The second-order valence-electron chi connectivity index (χ2n) is 4.84. The lowest BCUT2D eigenvalue weighted by Crippen LogP contribution is -2.20. The molecule has 0 atom stereocenters. The normalized spacial score (nSPS) is 16.2. The van der Waals surface area contributed by atoms with Crippen LogP contribution in [-0.2, 0) is 0 Å². The lowest BCUT2D eigenvalue weighted by atomic mass is 10.1. The summed E-state index contributed by atoms with van der Waals surface area (Å²) in [4.78, 5) is 15.3. The van der Waals surface area contributed by atoms with Gasteiger partial charge in [-0.1, -0.05) is 13.8 Å². The summed E-state index contributed by atoms with van der Waals surface area (Å²) < 4.78 is 1.50. The van der Waals surface area contributed by atoms with Crippen molar-refractivity contribution in [2.45, 2.75) is 38.5 Å². The van der Waals surface area contributed by atoms with Gasteiger partial charge < -0.3 is 4.98 Å². The third-order valence-electron chi connectivity index (χ3n) is 3.16. The van der Waals surface area contributed by atoms with E-state index in [9.17, 15) is 4.79 Å². The lowest BCUT2D eigenvalue weighted by molar-refractivity contribution is 0.783. The van der Waals surface area contributed by atoms with E-state index < -0.39 is 0 Å². The SMILES string of the molecule is CC(C)c1c[nH]c2cc(C3CC3)nn2c1=O. The highest BCUT2D eigenvalue weighted by atomic mass is 16.1. The van der Waals surface area contributed by atoms with Gasteiger partial charge in [0.15, 0.2) is 0 Å². The van der Waals surface area contributed by atoms with Crippen molar-refractivity contribution in [3.63, 3.8) is 0 Å². The van der Waals surface area contributed by atoms with Gasteiger partial charge in [0.25, 0.3) is 5.56 Å². The van der Waals surface area contributed by atoms with E-state index in [1.165, 1.54) is 17.4 Å². The van der Waals surface area contributed by atoms with Crippen molar-refractivity contribution in [1.82, 2.24) is 14.6 Å². The van der Waals surface area contributed by atoms with E-state index in [4.69, 9.17) is 0 Å². The molecule has 3 rings (SSSR count). The van der Waals surface area contributed by atoms with Gasteiger partial charge in [-0.05, 0) is 18.8 Å². The molecule has 4 nitrogen and oxygen atoms in total. The summed E-state index contributed by atoms with van der Waals surface area (Å²) in [6.07, 6.45) is 4.21. The average molecular weight is 217 g/mol. The maximum Gasteiger partial charge on any atom is 0.277 e. The summed E-state index contributed by atoms with van der Waals surface area (Å²) in [5.74, 6) is 0.803. The zero-order valence-electron chi connectivity index (χ0n) is 9.53. The molecule has 0 spiro atoms. The molecule has 0 aromatic carbocycles. The summed E-state index contributed by atoms with van der Waals surface area (Å²) in [5, 5.41) is 4.39. The molecule has 0 radical (unpaired) electrons. The number of hydrogen-bond acceptors (Lipinski definition) is 2. The fraction of sp³-hybridized carbons (Fsp3) is 0.500. The summed E-state index contributed by atoms with van der Waals surface area (Å²) in [6.45, 7) is 4.03. The van der Waals surface area contributed by atoms with Gasteiger partial charge in [0, 0.05) is 23.7 Å². The van der Waals surface area contributed by atoms with Crippen molar-refractivity contribution in [2.75, 3.05) is 0 Å². The number of fused-ring (bicyclic) bond motifs is 1. The third-order valence-corrected chi connectivity index (χ3v) is 3.16. The first kappa shape index (κ1) is 9.63. The molecule has 4 heteroatoms. The molecule has 0 saturated heterocycles. The average Bonchev–Trinajstić information content (AvgIpc) is 2.99. The second-order valence-corrected chi connectivity index (χ2v) is 4.84. The molecule has 1 aliphatic rings. The lowest BCUT2D eigenvalue weighted by Gasteiger charge is -2.03. The zero-order valence-corrected chi connectivity index (χ0v) is 9.53. The van der Waals surface area contributed by atoms with Crippen LogP contribution in [0, 0.1) is 0 Å². The molecule has 1 N–H and O–H groups in total. The fourth-order valence-corrected chi connectivity index (χ4v) is 1.98. The molecule has 2 heterocycles. The monoisotopic (exact) mass is 217 g/mol. The Morgan fingerprint density at radius 3 is 2.88 bits per heavy atom. The van der Waals surface area contributed by atoms with E-state index in [2.05, 4.69) is 10.1 Å². The number of nitrogens with one attached hydrogen (secondary N) is 1. The summed E-state index contributed by atoms with van der Waals surface area (Å²) in [7, 11) is 0. The standard InChI is InChI=1S/C12H15N3O/c1-7(2)9-6-13-11-5-10(8-3-4-8)14-15(11)12(9)16/h5-8,13H,3-4H2,1-2H3. The summed E-state index contributed by atoms with van der Waals surface area (Å²) >= 11 is 0. The van der Waals surface area contributed by atoms with Crippen LogP contribution in [0.25, 0.3) is 5.65 Å². The van der Waals surface area contributed by atoms with Gasteiger partial charge in [-0.2, -0.15) is 9.61 Å². The van der Waals surface area contributed by atoms with E-state index >= 15 is 0 Å². The van der Waals surface area contributed by atoms with Crippen LogP contribution in [-0.4, -0.2) is 14.6 Å². The van der Waals surface area contributed by atoms with Gasteiger partial charge in [0.05, 0.1) is 5.69 Å². The van der Waals surface area contributed by atoms with Crippen LogP contribution < -0.4 is 5.56 Å². The molecule has 1 aliphatic carbocycles. The number of H-pyrrole nitrogens is 1. The summed E-state index contributed by atoms with van der Waals surface area (Å²) in [6, 6.07) is 1.99. The van der Waals surface area contributed by atoms with Crippen LogP contribution in [0.5, 0.6) is 0 Å². The van der Waals surface area contributed by atoms with Gasteiger partial charge in [0.1, 0.15) is 5.65 Å². The van der Waals surface area contributed by atoms with Crippen molar-refractivity contribution in [1.29, 1.82) is 0 Å². The van der Waals surface area contributed by atoms with Crippen molar-refractivity contribution in [2.24, 2.45) is 0 Å². The molecule has 0 aliphatic heterocycles. The van der Waals surface area contributed by atoms with Crippen molar-refractivity contribution in [3.8, 4) is 0 Å². The molecule has 16 heavy (non-hydrogen) atoms. The molecule has 2 aromatic heterocycles. The van der Waals surface area contributed by atoms with Crippen molar-refractivity contribution in [3.05, 3.63) is 33.9 Å². The van der Waals surface area contributed by atoms with Crippen molar-refractivity contribution >= 4 is 5.65 Å². The Kier molecular flexibility index (Phi) is 1.93. The zero-order chi connectivity index (χ0) is 11.3. The van der Waals surface area contributed by atoms with Gasteiger partial charge in [-0.15, -0.1) is 0 Å². The van der Waals surface area contributed by atoms with Crippen LogP contribution in [0.15, 0.2) is 17.1 Å². The van der Waals surface area contributed by atoms with Gasteiger partial charge >= 0.3 is 0 Å². The maximum atomic E-state index is 12.1. The molecule has 2 aromatic rings. The Labute approximate surface area is 93.3 Å². The van der Waals surface area contributed by atoms with Gasteiger partial charge in [0.2, 0.25) is 0 Å². The highest BCUT2D eigenvalue weighted by Crippen LogP contribution is 2.39. The number of aromatic amines is 1. The molecule has 1 saturated carbocycles. The Morgan fingerprint density at radius 2 is 2.25 bits per heavy atom. The molecule has 0 bridgehead atoms. The topological polar surface area (TPSA) is 50.2 Å². The Hall–Kier alpha value is -1.58. The second kappa shape index (κ2) is 3.20. The predicted octanol–water partition coefficient (Wildman–Crippen LogP) is 2.02. The number of rotatable bonds is 2. The van der Waals surface area contributed by atoms with Crippen molar-refractivity contribution < 1.29 is 0 Å². The van der Waals surface area contributed by atoms with Gasteiger partial charge in [-0.3, -0.25) is 4.79 Å². The first-order valence-corrected chi connectivity index (χ1v) is 5.78. The maximum absolute atomic E-state index is 12.1. The van der Waals surface area contributed by atoms with E-state index in [1.54, 1.807) is 6.20 Å². The van der Waals surface area contributed by atoms with E-state index in [1.807, 2.05) is 19.9 Å².